The molecule has 0 bridgehead atoms. The van der Waals surface area contributed by atoms with Gasteiger partial charge in [-0.05, 0) is 47.5 Å². The van der Waals surface area contributed by atoms with Crippen molar-refractivity contribution in [2.45, 2.75) is 13.1 Å². The van der Waals surface area contributed by atoms with Gasteiger partial charge in [-0.25, -0.2) is 21.6 Å². The predicted molar refractivity (Wildman–Crippen MR) is 168 cm³/mol. The molecule has 0 aliphatic rings. The van der Waals surface area contributed by atoms with Crippen molar-refractivity contribution in [1.82, 2.24) is 9.97 Å². The number of sulfonamides is 2. The lowest BCUT2D eigenvalue weighted by Gasteiger charge is -2.22. The first-order valence-corrected chi connectivity index (χ1v) is 16.8. The van der Waals surface area contributed by atoms with Crippen molar-refractivity contribution in [3.63, 3.8) is 0 Å². The Labute approximate surface area is 257 Å². The number of pyridine rings is 2. The largest absolute Gasteiger partial charge is 0.465 e. The number of ether oxygens (including phenoxy) is 1. The molecule has 0 spiro atoms. The van der Waals surface area contributed by atoms with Crippen LogP contribution in [0.25, 0.3) is 0 Å². The summed E-state index contributed by atoms with van der Waals surface area (Å²) in [4.78, 5) is 30.8. The van der Waals surface area contributed by atoms with Crippen molar-refractivity contribution >= 4 is 43.2 Å². The zero-order chi connectivity index (χ0) is 32.3. The van der Waals surface area contributed by atoms with Crippen LogP contribution in [0.5, 0.6) is 0 Å². The number of methoxy groups -OCH3 is 1. The number of carbonyl (C=O) groups excluding carboxylic acids is 2. The molecule has 0 fully saturated rings. The minimum Gasteiger partial charge on any atom is -0.465 e. The minimum absolute atomic E-state index is 0.0511. The van der Waals surface area contributed by atoms with E-state index in [-0.39, 0.29) is 25.4 Å². The molecule has 2 N–H and O–H groups in total. The summed E-state index contributed by atoms with van der Waals surface area (Å²) in [6.07, 6.45) is 8.43. The lowest BCUT2D eigenvalue weighted by atomic mass is 10.1. The summed E-state index contributed by atoms with van der Waals surface area (Å²) < 4.78 is 55.1. The number of nitrogens with zero attached hydrogens (tertiary/aromatic N) is 4. The van der Waals surface area contributed by atoms with Crippen LogP contribution in [0.15, 0.2) is 97.6 Å². The van der Waals surface area contributed by atoms with Gasteiger partial charge in [0.15, 0.2) is 5.78 Å². The quantitative estimate of drug-likeness (QED) is 0.190. The van der Waals surface area contributed by atoms with Crippen molar-refractivity contribution < 1.29 is 31.2 Å². The summed E-state index contributed by atoms with van der Waals surface area (Å²) in [5.41, 5.74) is 8.74. The molecule has 2 heterocycles. The molecule has 2 aromatic heterocycles. The second-order valence-corrected chi connectivity index (χ2v) is 13.3. The number of carbonyl (C=O) groups is 2. The zero-order valence-electron chi connectivity index (χ0n) is 24.4. The fourth-order valence-corrected chi connectivity index (χ4v) is 5.66. The Bertz CT molecular complexity index is 1620. The molecule has 232 valence electrons. The third kappa shape index (κ3) is 9.69. The van der Waals surface area contributed by atoms with Gasteiger partial charge in [0, 0.05) is 18.0 Å². The van der Waals surface area contributed by atoms with Crippen molar-refractivity contribution in [2.24, 2.45) is 5.73 Å². The molecule has 4 aromatic rings. The smallest absolute Gasteiger partial charge is 0.337 e. The topological polar surface area (TPSA) is 170 Å². The number of ketones is 1. The molecule has 0 radical (unpaired) electrons. The molecule has 0 saturated carbocycles. The highest BCUT2D eigenvalue weighted by atomic mass is 32.2. The highest BCUT2D eigenvalue weighted by molar-refractivity contribution is 7.92. The van der Waals surface area contributed by atoms with E-state index in [0.29, 0.717) is 22.5 Å². The summed E-state index contributed by atoms with van der Waals surface area (Å²) in [5.74, 6) is -0.586. The molecule has 14 heteroatoms. The number of hydrogen-bond acceptors (Lipinski definition) is 10. The minimum atomic E-state index is -3.45. The number of benzene rings is 2. The average Bonchev–Trinajstić information content (AvgIpc) is 3.02. The Balaban J connectivity index is 0.000000240. The Morgan fingerprint density at radius 3 is 1.43 bits per heavy atom. The van der Waals surface area contributed by atoms with E-state index in [1.54, 1.807) is 85.2 Å². The summed E-state index contributed by atoms with van der Waals surface area (Å²) in [6, 6.07) is 20.0. The maximum atomic E-state index is 12.0. The molecule has 0 amide bonds. The van der Waals surface area contributed by atoms with Gasteiger partial charge < -0.3 is 10.5 Å². The molecule has 0 saturated heterocycles. The second kappa shape index (κ2) is 15.2. The highest BCUT2D eigenvalue weighted by Crippen LogP contribution is 2.21. The number of anilines is 2. The lowest BCUT2D eigenvalue weighted by Crippen LogP contribution is -2.29. The molecule has 4 rings (SSSR count). The molecule has 0 aliphatic carbocycles. The van der Waals surface area contributed by atoms with Crippen LogP contribution >= 0.6 is 0 Å². The van der Waals surface area contributed by atoms with E-state index in [9.17, 15) is 26.4 Å². The van der Waals surface area contributed by atoms with Crippen molar-refractivity contribution in [3.05, 3.63) is 120 Å². The van der Waals surface area contributed by atoms with Gasteiger partial charge in [-0.15, -0.1) is 0 Å². The Morgan fingerprint density at radius 2 is 1.11 bits per heavy atom. The molecule has 2 aromatic carbocycles. The first-order chi connectivity index (χ1) is 20.8. The lowest BCUT2D eigenvalue weighted by molar-refractivity contribution is 0.0600. The number of aromatic nitrogens is 2. The highest BCUT2D eigenvalue weighted by Gasteiger charge is 2.19. The van der Waals surface area contributed by atoms with Crippen LogP contribution in [0, 0.1) is 0 Å². The van der Waals surface area contributed by atoms with Crippen LogP contribution < -0.4 is 14.3 Å². The van der Waals surface area contributed by atoms with E-state index in [1.807, 2.05) is 0 Å². The van der Waals surface area contributed by atoms with Crippen molar-refractivity contribution in [2.75, 3.05) is 34.8 Å². The number of esters is 1. The summed E-state index contributed by atoms with van der Waals surface area (Å²) in [5, 5.41) is 0. The Morgan fingerprint density at radius 1 is 0.705 bits per heavy atom. The van der Waals surface area contributed by atoms with Gasteiger partial charge in [0.25, 0.3) is 0 Å². The van der Waals surface area contributed by atoms with Gasteiger partial charge in [0.05, 0.1) is 68.6 Å². The molecular weight excluding hydrogens is 606 g/mol. The molecule has 0 aliphatic heterocycles. The number of nitrogens with two attached hydrogens (primary N) is 1. The SMILES string of the molecule is COC(=O)c1ccc(CN(c2cccnc2)S(C)(=O)=O)cc1.CS(=O)(=O)N(Cc1ccc(C(=O)CN)cc1)c1cccnc1. The van der Waals surface area contributed by atoms with Crippen LogP contribution in [0.4, 0.5) is 11.4 Å². The van der Waals surface area contributed by atoms with Crippen LogP contribution in [-0.2, 0) is 37.9 Å². The summed E-state index contributed by atoms with van der Waals surface area (Å²) in [6.45, 7) is 0.276. The summed E-state index contributed by atoms with van der Waals surface area (Å²) >= 11 is 0. The van der Waals surface area contributed by atoms with Gasteiger partial charge in [-0.1, -0.05) is 36.4 Å². The van der Waals surface area contributed by atoms with Crippen molar-refractivity contribution in [3.8, 4) is 0 Å². The van der Waals surface area contributed by atoms with E-state index >= 15 is 0 Å². The molecular formula is C30H33N5O7S2. The van der Waals surface area contributed by atoms with Gasteiger partial charge in [0.1, 0.15) is 0 Å². The third-order valence-electron chi connectivity index (χ3n) is 6.16. The summed E-state index contributed by atoms with van der Waals surface area (Å²) in [7, 11) is -5.58. The Kier molecular flexibility index (Phi) is 11.7. The van der Waals surface area contributed by atoms with Crippen molar-refractivity contribution in [1.29, 1.82) is 0 Å². The van der Waals surface area contributed by atoms with Gasteiger partial charge in [-0.3, -0.25) is 23.4 Å². The van der Waals surface area contributed by atoms with Gasteiger partial charge >= 0.3 is 5.97 Å². The fraction of sp³-hybridized carbons (Fsp3) is 0.200. The second-order valence-electron chi connectivity index (χ2n) is 9.47. The van der Waals surface area contributed by atoms with Crippen LogP contribution in [0.2, 0.25) is 0 Å². The van der Waals surface area contributed by atoms with E-state index in [4.69, 9.17) is 5.73 Å². The van der Waals surface area contributed by atoms with E-state index < -0.39 is 26.0 Å². The van der Waals surface area contributed by atoms with E-state index in [1.165, 1.54) is 28.1 Å². The fourth-order valence-electron chi connectivity index (χ4n) is 3.91. The molecule has 12 nitrogen and oxygen atoms in total. The standard InChI is InChI=1S/C15H17N3O3S.C15H16N2O4S/c1-22(20,21)18(14-3-2-8-17-10-14)11-12-4-6-13(7-5-12)15(19)9-16;1-21-15(18)13-7-5-12(6-8-13)11-17(22(2,19)20)14-4-3-9-16-10-14/h2-8,10H,9,11,16H2,1H3;3-10H,11H2,1-2H3. The zero-order valence-corrected chi connectivity index (χ0v) is 26.0. The maximum absolute atomic E-state index is 12.0. The molecule has 0 unspecified atom stereocenters. The van der Waals surface area contributed by atoms with Gasteiger partial charge in [-0.2, -0.15) is 0 Å². The molecule has 0 atom stereocenters. The van der Waals surface area contributed by atoms with Crippen LogP contribution in [0.1, 0.15) is 31.8 Å². The van der Waals surface area contributed by atoms with Gasteiger partial charge in [0.2, 0.25) is 20.0 Å². The normalized spacial score (nSPS) is 11.1. The number of rotatable bonds is 11. The van der Waals surface area contributed by atoms with E-state index in [0.717, 1.165) is 23.6 Å². The first-order valence-electron chi connectivity index (χ1n) is 13.1. The Hall–Kier alpha value is -4.66. The average molecular weight is 640 g/mol. The van der Waals surface area contributed by atoms with Crippen LogP contribution in [-0.4, -0.2) is 64.7 Å². The van der Waals surface area contributed by atoms with E-state index in [2.05, 4.69) is 14.7 Å². The monoisotopic (exact) mass is 639 g/mol. The third-order valence-corrected chi connectivity index (χ3v) is 8.44. The maximum Gasteiger partial charge on any atom is 0.337 e. The number of Topliss-reactive ketones (excluding diaryl/α,β-unsaturated/α-hetero) is 1. The predicted octanol–water partition coefficient (Wildman–Crippen LogP) is 3.02. The first kappa shape index (κ1) is 33.8. The van der Waals surface area contributed by atoms with Crippen LogP contribution in [0.3, 0.4) is 0 Å². The number of hydrogen-bond donors (Lipinski definition) is 1. The molecule has 44 heavy (non-hydrogen) atoms.